The molecule has 5 N–H and O–H groups in total. The van der Waals surface area contributed by atoms with Crippen LogP contribution >= 0.6 is 11.3 Å². The van der Waals surface area contributed by atoms with Gasteiger partial charge in [0.15, 0.2) is 0 Å². The fourth-order valence-electron chi connectivity index (χ4n) is 1.40. The fraction of sp³-hybridized carbons (Fsp3) is 0.111. The van der Waals surface area contributed by atoms with Crippen LogP contribution in [-0.2, 0) is 6.61 Å². The normalized spacial score (nSPS) is 10.8. The van der Waals surface area contributed by atoms with Crippen LogP contribution in [0.2, 0.25) is 0 Å². The van der Waals surface area contributed by atoms with Gasteiger partial charge in [-0.05, 0) is 11.6 Å². The van der Waals surface area contributed by atoms with Crippen molar-refractivity contribution in [3.05, 3.63) is 23.1 Å². The van der Waals surface area contributed by atoms with Crippen LogP contribution < -0.4 is 11.5 Å². The molecule has 0 saturated carbocycles. The molecule has 0 aliphatic rings. The van der Waals surface area contributed by atoms with E-state index < -0.39 is 0 Å². The molecule has 1 aromatic carbocycles. The number of thiophene rings is 1. The molecule has 0 atom stereocenters. The lowest BCUT2D eigenvalue weighted by molar-refractivity contribution is 0.283. The number of rotatable bonds is 1. The van der Waals surface area contributed by atoms with E-state index in [1.54, 1.807) is 12.1 Å². The van der Waals surface area contributed by atoms with Crippen molar-refractivity contribution in [2.75, 3.05) is 11.5 Å². The molecule has 1 heterocycles. The molecule has 0 bridgehead atoms. The second kappa shape index (κ2) is 2.90. The first kappa shape index (κ1) is 8.34. The van der Waals surface area contributed by atoms with Crippen molar-refractivity contribution in [1.82, 2.24) is 0 Å². The van der Waals surface area contributed by atoms with Crippen molar-refractivity contribution in [1.29, 1.82) is 0 Å². The molecular formula is C9H10N2OS. The fourth-order valence-corrected chi connectivity index (χ4v) is 2.33. The van der Waals surface area contributed by atoms with Crippen molar-refractivity contribution in [3.63, 3.8) is 0 Å². The molecule has 13 heavy (non-hydrogen) atoms. The minimum atomic E-state index is -0.00227. The van der Waals surface area contributed by atoms with E-state index >= 15 is 0 Å². The Balaban J connectivity index is 2.88. The van der Waals surface area contributed by atoms with Gasteiger partial charge in [0.25, 0.3) is 0 Å². The van der Waals surface area contributed by atoms with Crippen LogP contribution in [0.1, 0.15) is 5.56 Å². The summed E-state index contributed by atoms with van der Waals surface area (Å²) in [5.41, 5.74) is 13.8. The molecule has 0 radical (unpaired) electrons. The van der Waals surface area contributed by atoms with E-state index in [0.717, 1.165) is 15.6 Å². The molecule has 0 fully saturated rings. The Hall–Kier alpha value is -1.26. The summed E-state index contributed by atoms with van der Waals surface area (Å²) in [6, 6.07) is 3.60. The van der Waals surface area contributed by atoms with Crippen LogP contribution in [0.15, 0.2) is 17.5 Å². The highest BCUT2D eigenvalue weighted by Gasteiger charge is 2.08. The second-order valence-electron chi connectivity index (χ2n) is 2.87. The Labute approximate surface area is 79.6 Å². The predicted molar refractivity (Wildman–Crippen MR) is 56.6 cm³/mol. The molecule has 2 rings (SSSR count). The molecule has 3 nitrogen and oxygen atoms in total. The Morgan fingerprint density at radius 1 is 1.23 bits per heavy atom. The van der Waals surface area contributed by atoms with Crippen molar-refractivity contribution < 1.29 is 5.11 Å². The van der Waals surface area contributed by atoms with Gasteiger partial charge >= 0.3 is 0 Å². The Morgan fingerprint density at radius 3 is 2.69 bits per heavy atom. The van der Waals surface area contributed by atoms with E-state index in [0.29, 0.717) is 11.4 Å². The summed E-state index contributed by atoms with van der Waals surface area (Å²) in [6.45, 7) is -0.00227. The van der Waals surface area contributed by atoms with Gasteiger partial charge in [0.05, 0.1) is 17.0 Å². The van der Waals surface area contributed by atoms with E-state index in [1.165, 1.54) is 11.3 Å². The van der Waals surface area contributed by atoms with Crippen molar-refractivity contribution >= 4 is 32.8 Å². The number of hydrogen-bond acceptors (Lipinski definition) is 4. The molecule has 0 aliphatic heterocycles. The maximum Gasteiger partial charge on any atom is 0.0688 e. The summed E-state index contributed by atoms with van der Waals surface area (Å²) in [5, 5.41) is 11.8. The molecule has 0 amide bonds. The summed E-state index contributed by atoms with van der Waals surface area (Å²) >= 11 is 1.51. The number of aliphatic hydroxyl groups excluding tert-OH is 1. The van der Waals surface area contributed by atoms with Gasteiger partial charge in [0.2, 0.25) is 0 Å². The van der Waals surface area contributed by atoms with Gasteiger partial charge in [0.1, 0.15) is 0 Å². The average Bonchev–Trinajstić information content (AvgIpc) is 2.51. The summed E-state index contributed by atoms with van der Waals surface area (Å²) in [4.78, 5) is 0. The zero-order chi connectivity index (χ0) is 9.42. The topological polar surface area (TPSA) is 72.3 Å². The largest absolute Gasteiger partial charge is 0.398 e. The monoisotopic (exact) mass is 194 g/mol. The predicted octanol–water partition coefficient (Wildman–Crippen LogP) is 1.56. The molecular weight excluding hydrogens is 184 g/mol. The van der Waals surface area contributed by atoms with Crippen molar-refractivity contribution in [2.45, 2.75) is 6.61 Å². The van der Waals surface area contributed by atoms with E-state index in [1.807, 2.05) is 5.38 Å². The Morgan fingerprint density at radius 2 is 2.00 bits per heavy atom. The number of nitrogens with two attached hydrogens (primary N) is 2. The SMILES string of the molecule is Nc1ccc(CO)c2c(N)csc12. The maximum atomic E-state index is 9.08. The first-order valence-electron chi connectivity index (χ1n) is 3.89. The maximum absolute atomic E-state index is 9.08. The average molecular weight is 194 g/mol. The van der Waals surface area contributed by atoms with Gasteiger partial charge in [0, 0.05) is 16.5 Å². The number of benzene rings is 1. The lowest BCUT2D eigenvalue weighted by atomic mass is 10.1. The highest BCUT2D eigenvalue weighted by atomic mass is 32.1. The smallest absolute Gasteiger partial charge is 0.0688 e. The number of hydrogen-bond donors (Lipinski definition) is 3. The van der Waals surface area contributed by atoms with Gasteiger partial charge in [-0.2, -0.15) is 0 Å². The molecule has 0 aliphatic carbocycles. The van der Waals surface area contributed by atoms with Gasteiger partial charge in [-0.15, -0.1) is 11.3 Å². The first-order valence-corrected chi connectivity index (χ1v) is 4.77. The third-order valence-electron chi connectivity index (χ3n) is 2.04. The number of aliphatic hydroxyl groups is 1. The van der Waals surface area contributed by atoms with Gasteiger partial charge in [-0.25, -0.2) is 0 Å². The molecule has 0 saturated heterocycles. The van der Waals surface area contributed by atoms with Crippen molar-refractivity contribution in [3.8, 4) is 0 Å². The number of fused-ring (bicyclic) bond motifs is 1. The van der Waals surface area contributed by atoms with E-state index in [2.05, 4.69) is 0 Å². The molecule has 68 valence electrons. The summed E-state index contributed by atoms with van der Waals surface area (Å²) in [6.07, 6.45) is 0. The zero-order valence-electron chi connectivity index (χ0n) is 6.95. The third-order valence-corrected chi connectivity index (χ3v) is 3.08. The van der Waals surface area contributed by atoms with Gasteiger partial charge < -0.3 is 16.6 Å². The third kappa shape index (κ3) is 1.15. The van der Waals surface area contributed by atoms with Crippen molar-refractivity contribution in [2.24, 2.45) is 0 Å². The van der Waals surface area contributed by atoms with Gasteiger partial charge in [-0.1, -0.05) is 6.07 Å². The summed E-state index contributed by atoms with van der Waals surface area (Å²) < 4.78 is 0.962. The van der Waals surface area contributed by atoms with Crippen LogP contribution in [-0.4, -0.2) is 5.11 Å². The standard InChI is InChI=1S/C9H10N2OS/c10-6-2-1-5(3-12)8-7(11)4-13-9(6)8/h1-2,4,12H,3,10-11H2. The van der Waals surface area contributed by atoms with Crippen LogP contribution in [0.4, 0.5) is 11.4 Å². The Kier molecular flexibility index (Phi) is 1.86. The number of anilines is 2. The van der Waals surface area contributed by atoms with E-state index in [-0.39, 0.29) is 6.61 Å². The minimum Gasteiger partial charge on any atom is -0.398 e. The van der Waals surface area contributed by atoms with Crippen LogP contribution in [0, 0.1) is 0 Å². The second-order valence-corrected chi connectivity index (χ2v) is 3.75. The summed E-state index contributed by atoms with van der Waals surface area (Å²) in [5.74, 6) is 0. The first-order chi connectivity index (χ1) is 6.24. The number of nitrogen functional groups attached to an aromatic ring is 2. The molecule has 0 unspecified atom stereocenters. The lowest BCUT2D eigenvalue weighted by Gasteiger charge is -2.02. The minimum absolute atomic E-state index is 0.00227. The van der Waals surface area contributed by atoms with E-state index in [4.69, 9.17) is 16.6 Å². The van der Waals surface area contributed by atoms with E-state index in [9.17, 15) is 0 Å². The van der Waals surface area contributed by atoms with Crippen LogP contribution in [0.5, 0.6) is 0 Å². The van der Waals surface area contributed by atoms with Crippen LogP contribution in [0.25, 0.3) is 10.1 Å². The summed E-state index contributed by atoms with van der Waals surface area (Å²) in [7, 11) is 0. The highest BCUT2D eigenvalue weighted by molar-refractivity contribution is 7.18. The van der Waals surface area contributed by atoms with Crippen LogP contribution in [0.3, 0.4) is 0 Å². The zero-order valence-corrected chi connectivity index (χ0v) is 7.77. The Bertz CT molecular complexity index is 450. The van der Waals surface area contributed by atoms with Gasteiger partial charge in [-0.3, -0.25) is 0 Å². The molecule has 0 spiro atoms. The highest BCUT2D eigenvalue weighted by Crippen LogP contribution is 2.34. The molecule has 1 aromatic heterocycles. The lowest BCUT2D eigenvalue weighted by Crippen LogP contribution is -1.91. The molecule has 4 heteroatoms. The quantitative estimate of drug-likeness (QED) is 0.603. The molecule has 2 aromatic rings.